The Morgan fingerprint density at radius 3 is 1.97 bits per heavy atom. The molecule has 0 unspecified atom stereocenters. The van der Waals surface area contributed by atoms with Gasteiger partial charge in [-0.25, -0.2) is 0 Å². The second-order valence-corrected chi connectivity index (χ2v) is 9.48. The lowest BCUT2D eigenvalue weighted by Gasteiger charge is -2.12. The normalized spacial score (nSPS) is 11.7. The topological polar surface area (TPSA) is 35.6 Å². The number of nitrogens with zero attached hydrogens (tertiary/aromatic N) is 4. The summed E-state index contributed by atoms with van der Waals surface area (Å²) in [7, 11) is 0. The zero-order valence-corrected chi connectivity index (χ0v) is 20.5. The Morgan fingerprint density at radius 2 is 1.16 bits per heavy atom. The van der Waals surface area contributed by atoms with Gasteiger partial charge in [-0.1, -0.05) is 66.7 Å². The summed E-state index contributed by atoms with van der Waals surface area (Å²) < 4.78 is 4.75. The van der Waals surface area contributed by atoms with Gasteiger partial charge in [-0.15, -0.1) is 0 Å². The molecule has 4 nitrogen and oxygen atoms in total. The van der Waals surface area contributed by atoms with E-state index in [1.54, 1.807) is 0 Å². The first-order valence-corrected chi connectivity index (χ1v) is 12.8. The number of aromatic nitrogens is 4. The van der Waals surface area contributed by atoms with E-state index in [9.17, 15) is 0 Å². The van der Waals surface area contributed by atoms with Gasteiger partial charge in [0.05, 0.1) is 33.4 Å². The monoisotopic (exact) mass is 486 g/mol. The van der Waals surface area contributed by atoms with E-state index in [1.807, 2.05) is 36.7 Å². The molecule has 0 aliphatic heterocycles. The summed E-state index contributed by atoms with van der Waals surface area (Å²) in [4.78, 5) is 9.42. The van der Waals surface area contributed by atoms with Gasteiger partial charge in [-0.2, -0.15) is 0 Å². The van der Waals surface area contributed by atoms with Crippen molar-refractivity contribution < 1.29 is 0 Å². The predicted molar refractivity (Wildman–Crippen MR) is 156 cm³/mol. The summed E-state index contributed by atoms with van der Waals surface area (Å²) in [5.74, 6) is 0. The molecular formula is C34H22N4. The molecule has 0 fully saturated rings. The largest absolute Gasteiger partial charge is 0.309 e. The minimum atomic E-state index is 0.855. The first-order valence-electron chi connectivity index (χ1n) is 12.8. The number of hydrogen-bond donors (Lipinski definition) is 0. The molecular weight excluding hydrogens is 464 g/mol. The van der Waals surface area contributed by atoms with Gasteiger partial charge in [0.1, 0.15) is 5.69 Å². The summed E-state index contributed by atoms with van der Waals surface area (Å²) in [5.41, 5.74) is 8.58. The van der Waals surface area contributed by atoms with E-state index in [2.05, 4.69) is 111 Å². The van der Waals surface area contributed by atoms with Crippen molar-refractivity contribution >= 4 is 43.6 Å². The van der Waals surface area contributed by atoms with Crippen LogP contribution >= 0.6 is 0 Å². The first-order chi connectivity index (χ1) is 18.9. The Kier molecular flexibility index (Phi) is 4.49. The minimum Gasteiger partial charge on any atom is -0.309 e. The van der Waals surface area contributed by atoms with Gasteiger partial charge >= 0.3 is 0 Å². The van der Waals surface area contributed by atoms with E-state index < -0.39 is 0 Å². The zero-order valence-electron chi connectivity index (χ0n) is 20.5. The van der Waals surface area contributed by atoms with Gasteiger partial charge in [0, 0.05) is 39.6 Å². The lowest BCUT2D eigenvalue weighted by atomic mass is 10.1. The zero-order chi connectivity index (χ0) is 25.1. The van der Waals surface area contributed by atoms with Gasteiger partial charge < -0.3 is 9.13 Å². The Labute approximate surface area is 219 Å². The number of benzene rings is 4. The van der Waals surface area contributed by atoms with Gasteiger partial charge in [0.2, 0.25) is 0 Å². The fourth-order valence-corrected chi connectivity index (χ4v) is 5.89. The quantitative estimate of drug-likeness (QED) is 0.252. The van der Waals surface area contributed by atoms with Crippen LogP contribution in [0.3, 0.4) is 0 Å². The van der Waals surface area contributed by atoms with Crippen molar-refractivity contribution in [2.45, 2.75) is 0 Å². The van der Waals surface area contributed by atoms with Crippen LogP contribution in [0.15, 0.2) is 134 Å². The molecule has 0 radical (unpaired) electrons. The highest BCUT2D eigenvalue weighted by molar-refractivity contribution is 6.26. The highest BCUT2D eigenvalue weighted by atomic mass is 15.0. The molecule has 38 heavy (non-hydrogen) atoms. The van der Waals surface area contributed by atoms with Crippen molar-refractivity contribution in [3.63, 3.8) is 0 Å². The molecule has 4 heteroatoms. The summed E-state index contributed by atoms with van der Waals surface area (Å²) in [6.07, 6.45) is 3.66. The van der Waals surface area contributed by atoms with Gasteiger partial charge in [-0.3, -0.25) is 9.97 Å². The van der Waals surface area contributed by atoms with Crippen LogP contribution < -0.4 is 0 Å². The van der Waals surface area contributed by atoms with E-state index >= 15 is 0 Å². The minimum absolute atomic E-state index is 0.855. The highest BCUT2D eigenvalue weighted by Gasteiger charge is 2.22. The molecule has 4 heterocycles. The third-order valence-corrected chi connectivity index (χ3v) is 7.42. The van der Waals surface area contributed by atoms with Crippen LogP contribution in [0.1, 0.15) is 0 Å². The third-order valence-electron chi connectivity index (χ3n) is 7.42. The molecule has 0 aliphatic rings. The molecule has 178 valence electrons. The summed E-state index contributed by atoms with van der Waals surface area (Å²) in [5, 5.41) is 4.94. The number of pyridine rings is 2. The van der Waals surface area contributed by atoms with Crippen molar-refractivity contribution in [1.29, 1.82) is 0 Å². The highest BCUT2D eigenvalue weighted by Crippen LogP contribution is 2.42. The van der Waals surface area contributed by atoms with Crippen LogP contribution in [-0.2, 0) is 0 Å². The number of hydrogen-bond acceptors (Lipinski definition) is 2. The fourth-order valence-electron chi connectivity index (χ4n) is 5.89. The SMILES string of the molecule is c1ccc(-n2c3ccccc3c3ccc4c(c5ccccc5n4-c4cccnc4-c4ccccn4)c32)cc1. The van der Waals surface area contributed by atoms with Crippen LogP contribution in [0.25, 0.3) is 66.4 Å². The number of para-hydroxylation sites is 3. The van der Waals surface area contributed by atoms with Crippen molar-refractivity contribution in [3.05, 3.63) is 134 Å². The molecule has 0 spiro atoms. The van der Waals surface area contributed by atoms with Crippen LogP contribution in [0.4, 0.5) is 0 Å². The molecule has 0 saturated heterocycles. The number of fused-ring (bicyclic) bond motifs is 7. The molecule has 0 amide bonds. The van der Waals surface area contributed by atoms with Crippen LogP contribution in [0.5, 0.6) is 0 Å². The second kappa shape index (κ2) is 8.15. The predicted octanol–water partition coefficient (Wildman–Crippen LogP) is 8.34. The molecule has 4 aromatic carbocycles. The fraction of sp³-hybridized carbons (Fsp3) is 0. The van der Waals surface area contributed by atoms with E-state index in [0.29, 0.717) is 0 Å². The maximum Gasteiger partial charge on any atom is 0.113 e. The average Bonchev–Trinajstić information content (AvgIpc) is 3.51. The molecule has 4 aromatic heterocycles. The molecule has 8 rings (SSSR count). The van der Waals surface area contributed by atoms with E-state index in [1.165, 1.54) is 32.6 Å². The third kappa shape index (κ3) is 2.91. The molecule has 0 bridgehead atoms. The Bertz CT molecular complexity index is 2120. The maximum atomic E-state index is 4.79. The summed E-state index contributed by atoms with van der Waals surface area (Å²) >= 11 is 0. The average molecular weight is 487 g/mol. The van der Waals surface area contributed by atoms with Crippen molar-refractivity contribution in [1.82, 2.24) is 19.1 Å². The Balaban J connectivity index is 1.58. The van der Waals surface area contributed by atoms with Crippen molar-refractivity contribution in [3.8, 4) is 22.8 Å². The second-order valence-electron chi connectivity index (χ2n) is 9.48. The van der Waals surface area contributed by atoms with Crippen molar-refractivity contribution in [2.24, 2.45) is 0 Å². The number of rotatable bonds is 3. The van der Waals surface area contributed by atoms with Gasteiger partial charge in [0.25, 0.3) is 0 Å². The van der Waals surface area contributed by atoms with Gasteiger partial charge in [-0.05, 0) is 54.6 Å². The van der Waals surface area contributed by atoms with E-state index in [0.717, 1.165) is 33.8 Å². The van der Waals surface area contributed by atoms with Crippen LogP contribution in [-0.4, -0.2) is 19.1 Å². The lowest BCUT2D eigenvalue weighted by Crippen LogP contribution is -2.00. The summed E-state index contributed by atoms with van der Waals surface area (Å²) in [6, 6.07) is 42.6. The first kappa shape index (κ1) is 20.9. The smallest absolute Gasteiger partial charge is 0.113 e. The molecule has 8 aromatic rings. The lowest BCUT2D eigenvalue weighted by molar-refractivity contribution is 1.13. The Hall–Kier alpha value is -5.22. The summed E-state index contributed by atoms with van der Waals surface area (Å²) in [6.45, 7) is 0. The van der Waals surface area contributed by atoms with Crippen molar-refractivity contribution in [2.75, 3.05) is 0 Å². The molecule has 0 N–H and O–H groups in total. The maximum absolute atomic E-state index is 4.79. The standard InChI is InChI=1S/C34H22N4/c1-2-11-23(12-3-1)37-28-16-6-4-13-24(28)25-19-20-30-32(34(25)37)26-14-5-7-17-29(26)38(30)31-18-10-22-36-33(31)27-15-8-9-21-35-27/h1-22H. The molecule has 0 atom stereocenters. The van der Waals surface area contributed by atoms with E-state index in [4.69, 9.17) is 4.98 Å². The van der Waals surface area contributed by atoms with Crippen LogP contribution in [0, 0.1) is 0 Å². The molecule has 0 aliphatic carbocycles. The van der Waals surface area contributed by atoms with E-state index in [-0.39, 0.29) is 0 Å². The van der Waals surface area contributed by atoms with Gasteiger partial charge in [0.15, 0.2) is 0 Å². The Morgan fingerprint density at radius 1 is 0.447 bits per heavy atom. The van der Waals surface area contributed by atoms with Crippen LogP contribution in [0.2, 0.25) is 0 Å². The molecule has 0 saturated carbocycles.